The van der Waals surface area contributed by atoms with E-state index in [0.29, 0.717) is 19.5 Å². The molecule has 0 radical (unpaired) electrons. The molecule has 1 aromatic heterocycles. The number of carbonyl (C=O) groups excluding carboxylic acids is 1. The van der Waals surface area contributed by atoms with Crippen molar-refractivity contribution < 1.29 is 4.79 Å². The fraction of sp³-hybridized carbons (Fsp3) is 0.227. The summed E-state index contributed by atoms with van der Waals surface area (Å²) in [5.41, 5.74) is 1.97. The molecule has 29 heavy (non-hydrogen) atoms. The minimum atomic E-state index is -0.303. The fourth-order valence-corrected chi connectivity index (χ4v) is 3.10. The van der Waals surface area contributed by atoms with Crippen LogP contribution in [-0.4, -0.2) is 28.5 Å². The van der Waals surface area contributed by atoms with Gasteiger partial charge in [0.05, 0.1) is 6.54 Å². The molecule has 7 heteroatoms. The Labute approximate surface area is 174 Å². The van der Waals surface area contributed by atoms with Crippen LogP contribution in [0, 0.1) is 0 Å². The van der Waals surface area contributed by atoms with Crippen LogP contribution in [0.5, 0.6) is 0 Å². The fourth-order valence-electron chi connectivity index (χ4n) is 2.90. The maximum absolute atomic E-state index is 12.6. The summed E-state index contributed by atoms with van der Waals surface area (Å²) in [4.78, 5) is 28.7. The third-order valence-electron chi connectivity index (χ3n) is 4.42. The maximum Gasteiger partial charge on any atom is 0.293 e. The van der Waals surface area contributed by atoms with Crippen LogP contribution < -0.4 is 16.2 Å². The summed E-state index contributed by atoms with van der Waals surface area (Å²) in [5, 5.41) is 5.82. The number of nitrogens with zero attached hydrogens (tertiary/aromatic N) is 2. The summed E-state index contributed by atoms with van der Waals surface area (Å²) in [7, 11) is 0. The maximum atomic E-state index is 12.6. The highest BCUT2D eigenvalue weighted by Crippen LogP contribution is 2.07. The van der Waals surface area contributed by atoms with Gasteiger partial charge in [0.25, 0.3) is 5.56 Å². The molecule has 3 aromatic rings. The van der Waals surface area contributed by atoms with Gasteiger partial charge in [0.15, 0.2) is 5.82 Å². The van der Waals surface area contributed by atoms with Crippen LogP contribution in [0.3, 0.4) is 0 Å². The zero-order valence-electron chi connectivity index (χ0n) is 16.0. The van der Waals surface area contributed by atoms with E-state index in [-0.39, 0.29) is 29.0 Å². The molecule has 0 bridgehead atoms. The van der Waals surface area contributed by atoms with Crippen molar-refractivity contribution in [1.29, 1.82) is 0 Å². The predicted octanol–water partition coefficient (Wildman–Crippen LogP) is 2.91. The number of amides is 1. The van der Waals surface area contributed by atoms with E-state index in [1.54, 1.807) is 0 Å². The molecule has 3 rings (SSSR count). The van der Waals surface area contributed by atoms with Crippen LogP contribution in [0.1, 0.15) is 11.1 Å². The number of benzene rings is 2. The molecule has 0 aliphatic rings. The number of rotatable bonds is 9. The van der Waals surface area contributed by atoms with Gasteiger partial charge in [0.1, 0.15) is 5.15 Å². The normalized spacial score (nSPS) is 10.5. The monoisotopic (exact) mass is 410 g/mol. The lowest BCUT2D eigenvalue weighted by Crippen LogP contribution is -2.34. The first-order chi connectivity index (χ1) is 14.1. The molecule has 2 N–H and O–H groups in total. The summed E-state index contributed by atoms with van der Waals surface area (Å²) in [5.74, 6) is -0.137. The van der Waals surface area contributed by atoms with Crippen molar-refractivity contribution in [3.63, 3.8) is 0 Å². The van der Waals surface area contributed by atoms with Crippen molar-refractivity contribution in [3.05, 3.63) is 93.5 Å². The van der Waals surface area contributed by atoms with Gasteiger partial charge in [-0.3, -0.25) is 9.59 Å². The Balaban J connectivity index is 1.52. The smallest absolute Gasteiger partial charge is 0.293 e. The van der Waals surface area contributed by atoms with Crippen molar-refractivity contribution in [2.75, 3.05) is 18.4 Å². The van der Waals surface area contributed by atoms with E-state index in [4.69, 9.17) is 11.6 Å². The van der Waals surface area contributed by atoms with Crippen molar-refractivity contribution >= 4 is 23.3 Å². The Morgan fingerprint density at radius 2 is 1.59 bits per heavy atom. The highest BCUT2D eigenvalue weighted by Gasteiger charge is 2.10. The number of aromatic nitrogens is 2. The van der Waals surface area contributed by atoms with Gasteiger partial charge in [0, 0.05) is 19.3 Å². The molecule has 1 amide bonds. The molecule has 0 atom stereocenters. The van der Waals surface area contributed by atoms with E-state index in [0.717, 1.165) is 17.5 Å². The summed E-state index contributed by atoms with van der Waals surface area (Å²) < 4.78 is 1.51. The number of hydrogen-bond donors (Lipinski definition) is 2. The second kappa shape index (κ2) is 10.4. The summed E-state index contributed by atoms with van der Waals surface area (Å²) >= 11 is 6.06. The molecule has 0 saturated carbocycles. The second-order valence-corrected chi connectivity index (χ2v) is 6.97. The lowest BCUT2D eigenvalue weighted by Gasteiger charge is -2.11. The number of carbonyl (C=O) groups is 1. The summed E-state index contributed by atoms with van der Waals surface area (Å²) in [6.45, 7) is 0.952. The van der Waals surface area contributed by atoms with E-state index in [9.17, 15) is 9.59 Å². The Morgan fingerprint density at radius 1 is 0.966 bits per heavy atom. The molecule has 0 unspecified atom stereocenters. The standard InChI is InChI=1S/C22H23ClN4O2/c23-19-16-27(14-12-18-9-5-2-6-10-18)22(29)21(26-19)25-15-20(28)24-13-11-17-7-3-1-4-8-17/h1-10,16H,11-15H2,(H,24,28)(H,25,26). The van der Waals surface area contributed by atoms with Gasteiger partial charge >= 0.3 is 0 Å². The minimum absolute atomic E-state index is 0.0456. The van der Waals surface area contributed by atoms with Crippen LogP contribution in [0.25, 0.3) is 0 Å². The topological polar surface area (TPSA) is 76.0 Å². The molecule has 0 saturated heterocycles. The molecular formula is C22H23ClN4O2. The Kier molecular flexibility index (Phi) is 7.41. The van der Waals surface area contributed by atoms with E-state index < -0.39 is 0 Å². The first-order valence-corrected chi connectivity index (χ1v) is 9.85. The quantitative estimate of drug-likeness (QED) is 0.568. The van der Waals surface area contributed by atoms with Crippen molar-refractivity contribution in [2.45, 2.75) is 19.4 Å². The van der Waals surface area contributed by atoms with Crippen molar-refractivity contribution in [3.8, 4) is 0 Å². The number of aryl methyl sites for hydroxylation is 2. The predicted molar refractivity (Wildman–Crippen MR) is 115 cm³/mol. The van der Waals surface area contributed by atoms with Crippen LogP contribution >= 0.6 is 11.6 Å². The molecule has 6 nitrogen and oxygen atoms in total. The molecule has 2 aromatic carbocycles. The molecule has 0 aliphatic carbocycles. The highest BCUT2D eigenvalue weighted by atomic mass is 35.5. The van der Waals surface area contributed by atoms with E-state index >= 15 is 0 Å². The Hall–Kier alpha value is -3.12. The summed E-state index contributed by atoms with van der Waals surface area (Å²) in [6, 6.07) is 19.8. The summed E-state index contributed by atoms with van der Waals surface area (Å²) in [6.07, 6.45) is 2.95. The number of hydrogen-bond acceptors (Lipinski definition) is 4. The van der Waals surface area contributed by atoms with Crippen LogP contribution in [0.2, 0.25) is 5.15 Å². The van der Waals surface area contributed by atoms with Crippen molar-refractivity contribution in [1.82, 2.24) is 14.9 Å². The zero-order chi connectivity index (χ0) is 20.5. The molecule has 1 heterocycles. The average Bonchev–Trinajstić information content (AvgIpc) is 2.74. The van der Waals surface area contributed by atoms with E-state index in [2.05, 4.69) is 15.6 Å². The van der Waals surface area contributed by atoms with Gasteiger partial charge in [-0.15, -0.1) is 0 Å². The van der Waals surface area contributed by atoms with Crippen LogP contribution in [0.4, 0.5) is 5.82 Å². The Morgan fingerprint density at radius 3 is 2.24 bits per heavy atom. The largest absolute Gasteiger partial charge is 0.356 e. The van der Waals surface area contributed by atoms with Gasteiger partial charge in [-0.2, -0.15) is 0 Å². The number of anilines is 1. The average molecular weight is 411 g/mol. The SMILES string of the molecule is O=C(CNc1nc(Cl)cn(CCc2ccccc2)c1=O)NCCc1ccccc1. The van der Waals surface area contributed by atoms with Crippen LogP contribution in [0.15, 0.2) is 71.7 Å². The molecule has 0 fully saturated rings. The number of halogens is 1. The molecule has 0 aliphatic heterocycles. The molecule has 0 spiro atoms. The lowest BCUT2D eigenvalue weighted by atomic mass is 10.1. The van der Waals surface area contributed by atoms with Gasteiger partial charge in [0.2, 0.25) is 5.91 Å². The van der Waals surface area contributed by atoms with Gasteiger partial charge in [-0.05, 0) is 24.0 Å². The second-order valence-electron chi connectivity index (χ2n) is 6.59. The highest BCUT2D eigenvalue weighted by molar-refractivity contribution is 6.29. The Bertz CT molecular complexity index is 991. The lowest BCUT2D eigenvalue weighted by molar-refractivity contribution is -0.119. The van der Waals surface area contributed by atoms with Gasteiger partial charge < -0.3 is 15.2 Å². The third kappa shape index (κ3) is 6.47. The molecular weight excluding hydrogens is 388 g/mol. The van der Waals surface area contributed by atoms with E-state index in [1.165, 1.54) is 10.8 Å². The van der Waals surface area contributed by atoms with Crippen LogP contribution in [-0.2, 0) is 24.2 Å². The van der Waals surface area contributed by atoms with Gasteiger partial charge in [-0.1, -0.05) is 72.3 Å². The number of nitrogens with one attached hydrogen (secondary N) is 2. The van der Waals surface area contributed by atoms with Gasteiger partial charge in [-0.25, -0.2) is 4.98 Å². The minimum Gasteiger partial charge on any atom is -0.356 e. The van der Waals surface area contributed by atoms with E-state index in [1.807, 2.05) is 60.7 Å². The first kappa shape index (κ1) is 20.6. The molecule has 150 valence electrons. The van der Waals surface area contributed by atoms with Crippen molar-refractivity contribution in [2.24, 2.45) is 0 Å². The third-order valence-corrected chi connectivity index (χ3v) is 4.61. The zero-order valence-corrected chi connectivity index (χ0v) is 16.7. The first-order valence-electron chi connectivity index (χ1n) is 9.47.